The predicted molar refractivity (Wildman–Crippen MR) is 166 cm³/mol. The van der Waals surface area contributed by atoms with E-state index >= 15 is 0 Å². The van der Waals surface area contributed by atoms with Crippen molar-refractivity contribution in [3.05, 3.63) is 160 Å². The van der Waals surface area contributed by atoms with E-state index < -0.39 is 0 Å². The van der Waals surface area contributed by atoms with Gasteiger partial charge >= 0.3 is 0 Å². The van der Waals surface area contributed by atoms with Crippen molar-refractivity contribution in [2.45, 2.75) is 46.6 Å². The van der Waals surface area contributed by atoms with Crippen LogP contribution in [0.25, 0.3) is 18.2 Å². The van der Waals surface area contributed by atoms with Crippen LogP contribution in [-0.2, 0) is 53.9 Å². The molecule has 0 saturated carbocycles. The summed E-state index contributed by atoms with van der Waals surface area (Å²) in [4.78, 5) is 0. The average molecular weight is 531 g/mol. The highest BCUT2D eigenvalue weighted by molar-refractivity contribution is 5.48. The second-order valence-electron chi connectivity index (χ2n) is 9.85. The summed E-state index contributed by atoms with van der Waals surface area (Å²) in [5, 5.41) is 0. The van der Waals surface area contributed by atoms with Gasteiger partial charge in [-0.2, -0.15) is 0 Å². The summed E-state index contributed by atoms with van der Waals surface area (Å²) in [6, 6.07) is 29.2. The summed E-state index contributed by atoms with van der Waals surface area (Å²) in [6.07, 6.45) is 5.53. The van der Waals surface area contributed by atoms with E-state index in [-0.39, 0.29) is 0 Å². The molecule has 0 heterocycles. The summed E-state index contributed by atoms with van der Waals surface area (Å²) in [5.74, 6) is 0. The van der Waals surface area contributed by atoms with Gasteiger partial charge in [-0.05, 0) is 62.6 Å². The maximum absolute atomic E-state index is 6.14. The van der Waals surface area contributed by atoms with Gasteiger partial charge in [0.25, 0.3) is 0 Å². The van der Waals surface area contributed by atoms with E-state index in [1.165, 1.54) is 5.56 Å². The van der Waals surface area contributed by atoms with Gasteiger partial charge in [0.15, 0.2) is 0 Å². The smallest absolute Gasteiger partial charge is 0.0724 e. The normalized spacial score (nSPS) is 10.8. The fraction of sp³-hybridized carbons (Fsp3) is 0.189. The van der Waals surface area contributed by atoms with Gasteiger partial charge in [-0.1, -0.05) is 123 Å². The minimum absolute atomic E-state index is 0.509. The van der Waals surface area contributed by atoms with Gasteiger partial charge in [-0.25, -0.2) is 0 Å². The fourth-order valence-corrected chi connectivity index (χ4v) is 4.39. The molecule has 40 heavy (non-hydrogen) atoms. The van der Waals surface area contributed by atoms with Crippen molar-refractivity contribution in [2.75, 3.05) is 0 Å². The Kier molecular flexibility index (Phi) is 10.8. The van der Waals surface area contributed by atoms with E-state index in [1.54, 1.807) is 0 Å². The SMILES string of the molecule is C=Cc1ccc(COCc2cc(COCc3ccc(C=C)cc3)c(C)c(COCc3ccc(C=C)cc3)c2)cc1. The van der Waals surface area contributed by atoms with Crippen LogP contribution in [0.2, 0.25) is 0 Å². The van der Waals surface area contributed by atoms with Crippen molar-refractivity contribution in [2.24, 2.45) is 0 Å². The summed E-state index contributed by atoms with van der Waals surface area (Å²) in [7, 11) is 0. The first kappa shape index (κ1) is 29.0. The molecule has 0 aliphatic carbocycles. The van der Waals surface area contributed by atoms with Gasteiger partial charge in [0, 0.05) is 0 Å². The molecule has 0 amide bonds. The van der Waals surface area contributed by atoms with Crippen LogP contribution in [0.1, 0.15) is 55.6 Å². The van der Waals surface area contributed by atoms with Crippen LogP contribution in [0.5, 0.6) is 0 Å². The predicted octanol–water partition coefficient (Wildman–Crippen LogP) is 9.07. The Morgan fingerprint density at radius 3 is 1.07 bits per heavy atom. The third-order valence-electron chi connectivity index (χ3n) is 6.92. The Morgan fingerprint density at radius 1 is 0.450 bits per heavy atom. The zero-order chi connectivity index (χ0) is 28.2. The van der Waals surface area contributed by atoms with Crippen molar-refractivity contribution in [3.8, 4) is 0 Å². The van der Waals surface area contributed by atoms with Crippen molar-refractivity contribution in [1.29, 1.82) is 0 Å². The Morgan fingerprint density at radius 2 is 0.750 bits per heavy atom. The third-order valence-corrected chi connectivity index (χ3v) is 6.92. The number of benzene rings is 4. The maximum Gasteiger partial charge on any atom is 0.0724 e. The number of hydrogen-bond acceptors (Lipinski definition) is 3. The van der Waals surface area contributed by atoms with E-state index in [1.807, 2.05) is 18.2 Å². The summed E-state index contributed by atoms with van der Waals surface area (Å²) < 4.78 is 18.4. The second-order valence-corrected chi connectivity index (χ2v) is 9.85. The Bertz CT molecular complexity index is 1320. The van der Waals surface area contributed by atoms with Crippen LogP contribution in [0.4, 0.5) is 0 Å². The van der Waals surface area contributed by atoms with E-state index in [9.17, 15) is 0 Å². The van der Waals surface area contributed by atoms with Crippen LogP contribution >= 0.6 is 0 Å². The van der Waals surface area contributed by atoms with Crippen molar-refractivity contribution in [3.63, 3.8) is 0 Å². The molecule has 3 nitrogen and oxygen atoms in total. The quantitative estimate of drug-likeness (QED) is 0.153. The van der Waals surface area contributed by atoms with Crippen LogP contribution in [0, 0.1) is 6.92 Å². The van der Waals surface area contributed by atoms with Crippen LogP contribution in [-0.4, -0.2) is 0 Å². The average Bonchev–Trinajstić information content (AvgIpc) is 3.00. The van der Waals surface area contributed by atoms with Gasteiger partial charge in [-0.15, -0.1) is 0 Å². The zero-order valence-electron chi connectivity index (χ0n) is 23.4. The lowest BCUT2D eigenvalue weighted by molar-refractivity contribution is 0.0987. The molecule has 0 bridgehead atoms. The highest BCUT2D eigenvalue weighted by Crippen LogP contribution is 2.22. The molecule has 4 aromatic rings. The minimum Gasteiger partial charge on any atom is -0.372 e. The lowest BCUT2D eigenvalue weighted by Crippen LogP contribution is -2.05. The van der Waals surface area contributed by atoms with Gasteiger partial charge in [0.05, 0.1) is 39.6 Å². The van der Waals surface area contributed by atoms with E-state index in [0.717, 1.165) is 50.1 Å². The van der Waals surface area contributed by atoms with Crippen molar-refractivity contribution in [1.82, 2.24) is 0 Å². The molecular formula is C37H38O3. The molecule has 4 rings (SSSR count). The Labute approximate surface area is 239 Å². The molecule has 0 aromatic heterocycles. The van der Waals surface area contributed by atoms with Crippen LogP contribution < -0.4 is 0 Å². The maximum atomic E-state index is 6.14. The Balaban J connectivity index is 1.42. The van der Waals surface area contributed by atoms with Crippen LogP contribution in [0.3, 0.4) is 0 Å². The molecule has 0 aliphatic heterocycles. The van der Waals surface area contributed by atoms with E-state index in [2.05, 4.69) is 112 Å². The molecule has 0 atom stereocenters. The van der Waals surface area contributed by atoms with Crippen molar-refractivity contribution >= 4 is 18.2 Å². The molecule has 3 heteroatoms. The van der Waals surface area contributed by atoms with E-state index in [0.29, 0.717) is 39.6 Å². The van der Waals surface area contributed by atoms with E-state index in [4.69, 9.17) is 14.2 Å². The van der Waals surface area contributed by atoms with Gasteiger partial charge < -0.3 is 14.2 Å². The summed E-state index contributed by atoms with van der Waals surface area (Å²) in [6.45, 7) is 16.8. The second kappa shape index (κ2) is 14.9. The topological polar surface area (TPSA) is 27.7 Å². The van der Waals surface area contributed by atoms with Gasteiger partial charge in [0.2, 0.25) is 0 Å². The molecular weight excluding hydrogens is 492 g/mol. The molecule has 0 aliphatic rings. The minimum atomic E-state index is 0.509. The molecule has 0 N–H and O–H groups in total. The highest BCUT2D eigenvalue weighted by Gasteiger charge is 2.10. The molecule has 0 fully saturated rings. The molecule has 204 valence electrons. The zero-order valence-corrected chi connectivity index (χ0v) is 23.4. The van der Waals surface area contributed by atoms with Crippen molar-refractivity contribution < 1.29 is 14.2 Å². The Hall–Kier alpha value is -4.02. The number of hydrogen-bond donors (Lipinski definition) is 0. The molecule has 0 unspecified atom stereocenters. The monoisotopic (exact) mass is 530 g/mol. The lowest BCUT2D eigenvalue weighted by atomic mass is 9.99. The standard InChI is InChI=1S/C37H38O3/c1-5-29-8-14-32(15-9-29)22-38-25-35-20-36(26-39-23-33-16-10-30(6-2)11-17-33)28(4)37(21-35)27-40-24-34-18-12-31(7-3)13-19-34/h5-21H,1-3,22-27H2,4H3. The van der Waals surface area contributed by atoms with Gasteiger partial charge in [0.1, 0.15) is 0 Å². The lowest BCUT2D eigenvalue weighted by Gasteiger charge is -2.16. The fourth-order valence-electron chi connectivity index (χ4n) is 4.39. The summed E-state index contributed by atoms with van der Waals surface area (Å²) in [5.41, 5.74) is 11.3. The highest BCUT2D eigenvalue weighted by atomic mass is 16.5. The van der Waals surface area contributed by atoms with Gasteiger partial charge in [-0.3, -0.25) is 0 Å². The molecule has 0 spiro atoms. The largest absolute Gasteiger partial charge is 0.372 e. The molecule has 0 saturated heterocycles. The first-order valence-electron chi connectivity index (χ1n) is 13.6. The molecule has 4 aromatic carbocycles. The number of rotatable bonds is 15. The summed E-state index contributed by atoms with van der Waals surface area (Å²) >= 11 is 0. The first-order valence-corrected chi connectivity index (χ1v) is 13.6. The van der Waals surface area contributed by atoms with Crippen LogP contribution in [0.15, 0.2) is 105 Å². The third kappa shape index (κ3) is 8.49. The molecule has 0 radical (unpaired) electrons. The first-order chi connectivity index (χ1) is 19.6. The number of ether oxygens (including phenoxy) is 3.